The fourth-order valence-electron chi connectivity index (χ4n) is 2.01. The van der Waals surface area contributed by atoms with Gasteiger partial charge in [0.05, 0.1) is 10.1 Å². The molecule has 2 N–H and O–H groups in total. The van der Waals surface area contributed by atoms with Crippen LogP contribution in [0.15, 0.2) is 28.4 Å². The van der Waals surface area contributed by atoms with Gasteiger partial charge in [-0.25, -0.2) is 8.42 Å². The lowest BCUT2D eigenvalue weighted by Gasteiger charge is -2.18. The maximum atomic E-state index is 12.6. The van der Waals surface area contributed by atoms with Crippen LogP contribution in [-0.4, -0.2) is 51.6 Å². The maximum absolute atomic E-state index is 12.6. The van der Waals surface area contributed by atoms with E-state index >= 15 is 0 Å². The number of carbonyl (C=O) groups excluding carboxylic acids is 1. The van der Waals surface area contributed by atoms with E-state index in [4.69, 9.17) is 5.73 Å². The Bertz CT molecular complexity index is 814. The molecule has 0 bridgehead atoms. The molecule has 10 heteroatoms. The normalized spacial score (nSPS) is 13.6. The van der Waals surface area contributed by atoms with Gasteiger partial charge in [0, 0.05) is 19.3 Å². The van der Waals surface area contributed by atoms with Crippen LogP contribution < -0.4 is 5.73 Å². The Morgan fingerprint density at radius 3 is 2.57 bits per heavy atom. The minimum atomic E-state index is -3.58. The number of pyridine rings is 1. The summed E-state index contributed by atoms with van der Waals surface area (Å²) in [5.74, 6) is -0.473. The van der Waals surface area contributed by atoms with Gasteiger partial charge in [0.25, 0.3) is 0 Å². The standard InChI is InChI=1S/C13H19N5O3S2/c1-4-17(5-2)23(20,21)10-6-7-11-15-16-13(18(11)8-10)22-9(3)12(14)19/h6-9H,4-5H2,1-3H3,(H2,14,19). The first-order valence-corrected chi connectivity index (χ1v) is 9.44. The molecule has 23 heavy (non-hydrogen) atoms. The highest BCUT2D eigenvalue weighted by Gasteiger charge is 2.23. The van der Waals surface area contributed by atoms with E-state index in [0.717, 1.165) is 11.8 Å². The highest BCUT2D eigenvalue weighted by molar-refractivity contribution is 8.00. The van der Waals surface area contributed by atoms with E-state index in [9.17, 15) is 13.2 Å². The molecule has 8 nitrogen and oxygen atoms in total. The van der Waals surface area contributed by atoms with E-state index < -0.39 is 21.2 Å². The van der Waals surface area contributed by atoms with Crippen molar-refractivity contribution in [2.75, 3.05) is 13.1 Å². The number of fused-ring (bicyclic) bond motifs is 1. The first-order valence-electron chi connectivity index (χ1n) is 7.12. The summed E-state index contributed by atoms with van der Waals surface area (Å²) in [4.78, 5) is 11.4. The Morgan fingerprint density at radius 2 is 2.00 bits per heavy atom. The third-order valence-corrected chi connectivity index (χ3v) is 6.48. The van der Waals surface area contributed by atoms with E-state index in [1.807, 2.05) is 0 Å². The Kier molecular flexibility index (Phi) is 5.27. The van der Waals surface area contributed by atoms with E-state index in [1.54, 1.807) is 31.2 Å². The smallest absolute Gasteiger partial charge is 0.244 e. The van der Waals surface area contributed by atoms with Gasteiger partial charge in [-0.15, -0.1) is 10.2 Å². The van der Waals surface area contributed by atoms with Crippen molar-refractivity contribution in [1.82, 2.24) is 18.9 Å². The minimum absolute atomic E-state index is 0.155. The average Bonchev–Trinajstić information content (AvgIpc) is 2.90. The summed E-state index contributed by atoms with van der Waals surface area (Å²) >= 11 is 1.13. The number of amides is 1. The SMILES string of the molecule is CCN(CC)S(=O)(=O)c1ccc2nnc(SC(C)C(N)=O)n2c1. The lowest BCUT2D eigenvalue weighted by molar-refractivity contribution is -0.117. The van der Waals surface area contributed by atoms with E-state index in [-0.39, 0.29) is 4.90 Å². The Morgan fingerprint density at radius 1 is 1.35 bits per heavy atom. The number of carbonyl (C=O) groups is 1. The van der Waals surface area contributed by atoms with Crippen LogP contribution in [0.4, 0.5) is 0 Å². The summed E-state index contributed by atoms with van der Waals surface area (Å²) in [6, 6.07) is 3.09. The molecule has 0 saturated carbocycles. The number of nitrogens with two attached hydrogens (primary N) is 1. The third kappa shape index (κ3) is 3.48. The Balaban J connectivity index is 2.47. The number of thioether (sulfide) groups is 1. The van der Waals surface area contributed by atoms with E-state index in [1.165, 1.54) is 16.6 Å². The van der Waals surface area contributed by atoms with Crippen LogP contribution in [0.5, 0.6) is 0 Å². The van der Waals surface area contributed by atoms with Gasteiger partial charge in [-0.05, 0) is 19.1 Å². The highest BCUT2D eigenvalue weighted by atomic mass is 32.2. The molecule has 2 heterocycles. The van der Waals surface area contributed by atoms with E-state index in [0.29, 0.717) is 23.9 Å². The molecule has 126 valence electrons. The van der Waals surface area contributed by atoms with Crippen molar-refractivity contribution >= 4 is 33.3 Å². The molecule has 0 aromatic carbocycles. The maximum Gasteiger partial charge on any atom is 0.244 e. The first kappa shape index (κ1) is 17.7. The van der Waals surface area contributed by atoms with Crippen molar-refractivity contribution in [2.24, 2.45) is 5.73 Å². The zero-order valence-electron chi connectivity index (χ0n) is 13.1. The summed E-state index contributed by atoms with van der Waals surface area (Å²) in [5, 5.41) is 7.88. The summed E-state index contributed by atoms with van der Waals surface area (Å²) in [5.41, 5.74) is 5.75. The zero-order chi connectivity index (χ0) is 17.2. The number of nitrogens with zero attached hydrogens (tertiary/aromatic N) is 4. The van der Waals surface area contributed by atoms with Gasteiger partial charge >= 0.3 is 0 Å². The van der Waals surface area contributed by atoms with Gasteiger partial charge in [-0.2, -0.15) is 4.31 Å². The summed E-state index contributed by atoms with van der Waals surface area (Å²) in [7, 11) is -3.58. The van der Waals surface area contributed by atoms with Crippen LogP contribution in [0.25, 0.3) is 5.65 Å². The average molecular weight is 357 g/mol. The Labute approximate surface area is 139 Å². The molecule has 1 unspecified atom stereocenters. The van der Waals surface area contributed by atoms with Gasteiger partial charge in [0.1, 0.15) is 0 Å². The molecule has 0 aliphatic carbocycles. The molecule has 0 aliphatic rings. The number of sulfonamides is 1. The molecule has 0 spiro atoms. The second-order valence-corrected chi connectivity index (χ2v) is 8.07. The van der Waals surface area contributed by atoms with Gasteiger partial charge in [0.2, 0.25) is 15.9 Å². The number of aromatic nitrogens is 3. The monoisotopic (exact) mass is 357 g/mol. The molecule has 2 rings (SSSR count). The zero-order valence-corrected chi connectivity index (χ0v) is 14.8. The first-order chi connectivity index (χ1) is 10.8. The van der Waals surface area contributed by atoms with Crippen LogP contribution in [0.2, 0.25) is 0 Å². The number of hydrogen-bond donors (Lipinski definition) is 1. The van der Waals surface area contributed by atoms with Crippen LogP contribution in [0, 0.1) is 0 Å². The lowest BCUT2D eigenvalue weighted by atomic mass is 10.5. The predicted molar refractivity (Wildman–Crippen MR) is 87.6 cm³/mol. The summed E-state index contributed by atoms with van der Waals surface area (Å²) < 4.78 is 28.1. The second-order valence-electron chi connectivity index (χ2n) is 4.83. The molecule has 0 fully saturated rings. The van der Waals surface area contributed by atoms with Gasteiger partial charge in [-0.1, -0.05) is 25.6 Å². The predicted octanol–water partition coefficient (Wildman–Crippen LogP) is 0.726. The van der Waals surface area contributed by atoms with Crippen LogP contribution in [0.3, 0.4) is 0 Å². The van der Waals surface area contributed by atoms with Crippen molar-refractivity contribution < 1.29 is 13.2 Å². The fraction of sp³-hybridized carbons (Fsp3) is 0.462. The van der Waals surface area contributed by atoms with Crippen LogP contribution in [0.1, 0.15) is 20.8 Å². The minimum Gasteiger partial charge on any atom is -0.369 e. The largest absolute Gasteiger partial charge is 0.369 e. The highest BCUT2D eigenvalue weighted by Crippen LogP contribution is 2.24. The van der Waals surface area contributed by atoms with Gasteiger partial charge < -0.3 is 5.73 Å². The topological polar surface area (TPSA) is 111 Å². The molecular weight excluding hydrogens is 338 g/mol. The molecule has 1 atom stereocenters. The van der Waals surface area contributed by atoms with Gasteiger partial charge in [0.15, 0.2) is 10.8 Å². The van der Waals surface area contributed by atoms with Crippen molar-refractivity contribution in [3.63, 3.8) is 0 Å². The van der Waals surface area contributed by atoms with Crippen molar-refractivity contribution in [3.8, 4) is 0 Å². The van der Waals surface area contributed by atoms with Crippen molar-refractivity contribution in [3.05, 3.63) is 18.3 Å². The van der Waals surface area contributed by atoms with Crippen molar-refractivity contribution in [1.29, 1.82) is 0 Å². The molecule has 2 aromatic rings. The van der Waals surface area contributed by atoms with Crippen LogP contribution >= 0.6 is 11.8 Å². The summed E-state index contributed by atoms with van der Waals surface area (Å²) in [6.45, 7) is 6.01. The third-order valence-electron chi connectivity index (χ3n) is 3.37. The van der Waals surface area contributed by atoms with Crippen molar-refractivity contribution in [2.45, 2.75) is 36.1 Å². The molecule has 2 aromatic heterocycles. The molecule has 0 aliphatic heterocycles. The molecule has 0 radical (unpaired) electrons. The second kappa shape index (κ2) is 6.85. The van der Waals surface area contributed by atoms with Crippen LogP contribution in [-0.2, 0) is 14.8 Å². The van der Waals surface area contributed by atoms with Gasteiger partial charge in [-0.3, -0.25) is 9.20 Å². The lowest BCUT2D eigenvalue weighted by Crippen LogP contribution is -2.30. The molecular formula is C13H19N5O3S2. The fourth-order valence-corrected chi connectivity index (χ4v) is 4.25. The molecule has 0 saturated heterocycles. The summed E-state index contributed by atoms with van der Waals surface area (Å²) in [6.07, 6.45) is 1.47. The van der Waals surface area contributed by atoms with E-state index in [2.05, 4.69) is 10.2 Å². The number of rotatable bonds is 7. The molecule has 1 amide bonds. The Hall–Kier alpha value is -1.65. The number of hydrogen-bond acceptors (Lipinski definition) is 6. The quantitative estimate of drug-likeness (QED) is 0.731. The number of primary amides is 1.